The second-order valence-corrected chi connectivity index (χ2v) is 6.51. The molecule has 0 radical (unpaired) electrons. The Labute approximate surface area is 101 Å². The first-order valence-electron chi connectivity index (χ1n) is 6.75. The fourth-order valence-corrected chi connectivity index (χ4v) is 2.20. The molecule has 1 saturated heterocycles. The van der Waals surface area contributed by atoms with Gasteiger partial charge in [0.25, 0.3) is 0 Å². The zero-order chi connectivity index (χ0) is 12.2. The van der Waals surface area contributed by atoms with Gasteiger partial charge in [-0.1, -0.05) is 13.8 Å². The van der Waals surface area contributed by atoms with E-state index < -0.39 is 0 Å². The van der Waals surface area contributed by atoms with E-state index in [-0.39, 0.29) is 5.54 Å². The maximum absolute atomic E-state index is 5.74. The topological polar surface area (TPSA) is 21.3 Å². The first kappa shape index (κ1) is 14.0. The summed E-state index contributed by atoms with van der Waals surface area (Å²) in [6.07, 6.45) is 4.26. The van der Waals surface area contributed by atoms with Crippen LogP contribution in [0.15, 0.2) is 0 Å². The largest absolute Gasteiger partial charge is 0.378 e. The van der Waals surface area contributed by atoms with Crippen molar-refractivity contribution in [3.63, 3.8) is 0 Å². The van der Waals surface area contributed by atoms with Crippen LogP contribution in [0.1, 0.15) is 53.9 Å². The van der Waals surface area contributed by atoms with Crippen LogP contribution in [0.5, 0.6) is 0 Å². The number of rotatable bonds is 5. The van der Waals surface area contributed by atoms with E-state index in [1.165, 1.54) is 19.3 Å². The van der Waals surface area contributed by atoms with E-state index in [0.717, 1.165) is 25.0 Å². The van der Waals surface area contributed by atoms with Gasteiger partial charge in [-0.15, -0.1) is 0 Å². The average Bonchev–Trinajstić information content (AvgIpc) is 2.62. The highest BCUT2D eigenvalue weighted by molar-refractivity contribution is 4.78. The molecular weight excluding hydrogens is 198 g/mol. The zero-order valence-electron chi connectivity index (χ0n) is 11.7. The van der Waals surface area contributed by atoms with Crippen LogP contribution in [0.25, 0.3) is 0 Å². The van der Waals surface area contributed by atoms with Gasteiger partial charge >= 0.3 is 0 Å². The highest BCUT2D eigenvalue weighted by Gasteiger charge is 2.23. The van der Waals surface area contributed by atoms with E-state index in [1.54, 1.807) is 0 Å². The lowest BCUT2D eigenvalue weighted by Gasteiger charge is -2.29. The summed E-state index contributed by atoms with van der Waals surface area (Å²) >= 11 is 0. The molecule has 1 N–H and O–H groups in total. The smallest absolute Gasteiger partial charge is 0.0579 e. The van der Waals surface area contributed by atoms with Gasteiger partial charge in [0.15, 0.2) is 0 Å². The normalized spacial score (nSPS) is 24.0. The molecular formula is C14H29NO. The third-order valence-corrected chi connectivity index (χ3v) is 3.43. The van der Waals surface area contributed by atoms with Gasteiger partial charge in [-0.05, 0) is 58.4 Å². The minimum absolute atomic E-state index is 0.226. The van der Waals surface area contributed by atoms with Gasteiger partial charge in [0.1, 0.15) is 0 Å². The van der Waals surface area contributed by atoms with Crippen molar-refractivity contribution in [3.8, 4) is 0 Å². The van der Waals surface area contributed by atoms with Gasteiger partial charge < -0.3 is 10.1 Å². The first-order valence-corrected chi connectivity index (χ1v) is 6.75. The summed E-state index contributed by atoms with van der Waals surface area (Å²) in [5, 5.41) is 3.62. The fourth-order valence-electron chi connectivity index (χ4n) is 2.20. The number of hydrogen-bond donors (Lipinski definition) is 1. The van der Waals surface area contributed by atoms with Crippen molar-refractivity contribution in [2.24, 2.45) is 11.8 Å². The molecule has 2 unspecified atom stereocenters. The Balaban J connectivity index is 2.35. The van der Waals surface area contributed by atoms with Crippen LogP contribution in [0, 0.1) is 11.8 Å². The quantitative estimate of drug-likeness (QED) is 0.778. The molecule has 0 aliphatic carbocycles. The van der Waals surface area contributed by atoms with Gasteiger partial charge in [-0.25, -0.2) is 0 Å². The molecule has 0 amide bonds. The molecule has 1 fully saturated rings. The molecule has 96 valence electrons. The molecule has 0 bridgehead atoms. The van der Waals surface area contributed by atoms with Crippen molar-refractivity contribution in [3.05, 3.63) is 0 Å². The summed E-state index contributed by atoms with van der Waals surface area (Å²) in [7, 11) is 0. The number of ether oxygens (including phenoxy) is 1. The molecule has 16 heavy (non-hydrogen) atoms. The Hall–Kier alpha value is -0.0800. The zero-order valence-corrected chi connectivity index (χ0v) is 11.7. The van der Waals surface area contributed by atoms with E-state index in [4.69, 9.17) is 4.74 Å². The molecule has 1 rings (SSSR count). The summed E-state index contributed by atoms with van der Waals surface area (Å²) in [5.74, 6) is 1.47. The third kappa shape index (κ3) is 5.31. The minimum atomic E-state index is 0.226. The van der Waals surface area contributed by atoms with Crippen molar-refractivity contribution in [2.75, 3.05) is 13.2 Å². The second-order valence-electron chi connectivity index (χ2n) is 6.51. The Kier molecular flexibility index (Phi) is 5.26. The van der Waals surface area contributed by atoms with E-state index in [2.05, 4.69) is 39.9 Å². The van der Waals surface area contributed by atoms with Crippen LogP contribution >= 0.6 is 0 Å². The van der Waals surface area contributed by atoms with Gasteiger partial charge in [0, 0.05) is 12.1 Å². The van der Waals surface area contributed by atoms with Crippen molar-refractivity contribution in [2.45, 2.75) is 65.5 Å². The summed E-state index contributed by atoms with van der Waals surface area (Å²) < 4.78 is 5.74. The second kappa shape index (κ2) is 6.02. The fraction of sp³-hybridized carbons (Fsp3) is 1.00. The first-order chi connectivity index (χ1) is 7.38. The van der Waals surface area contributed by atoms with E-state index in [1.807, 2.05) is 0 Å². The molecule has 1 aliphatic heterocycles. The van der Waals surface area contributed by atoms with Crippen LogP contribution in [-0.4, -0.2) is 24.8 Å². The monoisotopic (exact) mass is 227 g/mol. The van der Waals surface area contributed by atoms with Crippen molar-refractivity contribution < 1.29 is 4.74 Å². The predicted octanol–water partition coefficient (Wildman–Crippen LogP) is 3.22. The van der Waals surface area contributed by atoms with Gasteiger partial charge in [-0.2, -0.15) is 0 Å². The maximum atomic E-state index is 5.74. The van der Waals surface area contributed by atoms with Crippen LogP contribution in [0.2, 0.25) is 0 Å². The summed E-state index contributed by atoms with van der Waals surface area (Å²) in [4.78, 5) is 0. The molecule has 0 spiro atoms. The Morgan fingerprint density at radius 2 is 2.00 bits per heavy atom. The molecule has 1 aliphatic rings. The van der Waals surface area contributed by atoms with Gasteiger partial charge in [0.05, 0.1) is 6.10 Å². The van der Waals surface area contributed by atoms with Crippen LogP contribution in [-0.2, 0) is 4.74 Å². The van der Waals surface area contributed by atoms with Crippen molar-refractivity contribution in [1.82, 2.24) is 5.32 Å². The highest BCUT2D eigenvalue weighted by atomic mass is 16.5. The van der Waals surface area contributed by atoms with Crippen LogP contribution in [0.3, 0.4) is 0 Å². The summed E-state index contributed by atoms with van der Waals surface area (Å²) in [6.45, 7) is 13.4. The van der Waals surface area contributed by atoms with E-state index in [0.29, 0.717) is 6.10 Å². The molecule has 2 atom stereocenters. The van der Waals surface area contributed by atoms with Crippen LogP contribution in [0.4, 0.5) is 0 Å². The van der Waals surface area contributed by atoms with Gasteiger partial charge in [0.2, 0.25) is 0 Å². The standard InChI is InChI=1S/C14H29NO/c1-11(2)12(10-15-14(3,4)5)9-13-7-6-8-16-13/h11-13,15H,6-10H2,1-5H3. The SMILES string of the molecule is CC(C)C(CNC(C)(C)C)CC1CCCO1. The molecule has 0 aromatic rings. The van der Waals surface area contributed by atoms with E-state index >= 15 is 0 Å². The molecule has 0 aromatic carbocycles. The van der Waals surface area contributed by atoms with E-state index in [9.17, 15) is 0 Å². The highest BCUT2D eigenvalue weighted by Crippen LogP contribution is 2.24. The Morgan fingerprint density at radius 1 is 1.31 bits per heavy atom. The Morgan fingerprint density at radius 3 is 2.44 bits per heavy atom. The lowest BCUT2D eigenvalue weighted by atomic mass is 9.88. The lowest BCUT2D eigenvalue weighted by Crippen LogP contribution is -2.41. The average molecular weight is 227 g/mol. The van der Waals surface area contributed by atoms with Crippen molar-refractivity contribution in [1.29, 1.82) is 0 Å². The molecule has 0 saturated carbocycles. The molecule has 2 nitrogen and oxygen atoms in total. The van der Waals surface area contributed by atoms with Gasteiger partial charge in [-0.3, -0.25) is 0 Å². The number of hydrogen-bond acceptors (Lipinski definition) is 2. The molecule has 0 aromatic heterocycles. The molecule has 1 heterocycles. The Bertz CT molecular complexity index is 189. The summed E-state index contributed by atoms with van der Waals surface area (Å²) in [5.41, 5.74) is 0.226. The summed E-state index contributed by atoms with van der Waals surface area (Å²) in [6, 6.07) is 0. The van der Waals surface area contributed by atoms with Crippen LogP contribution < -0.4 is 5.32 Å². The minimum Gasteiger partial charge on any atom is -0.378 e. The molecule has 2 heteroatoms. The predicted molar refractivity (Wildman–Crippen MR) is 69.7 cm³/mol. The third-order valence-electron chi connectivity index (χ3n) is 3.43. The number of nitrogens with one attached hydrogen (secondary N) is 1. The lowest BCUT2D eigenvalue weighted by molar-refractivity contribution is 0.0803. The van der Waals surface area contributed by atoms with Crippen molar-refractivity contribution >= 4 is 0 Å². The maximum Gasteiger partial charge on any atom is 0.0579 e.